The first-order valence-electron chi connectivity index (χ1n) is 7.13. The number of esters is 1. The lowest BCUT2D eigenvalue weighted by molar-refractivity contribution is 0.0475. The summed E-state index contributed by atoms with van der Waals surface area (Å²) in [5.41, 5.74) is 1.78. The van der Waals surface area contributed by atoms with Crippen LogP contribution in [0.1, 0.15) is 20.7 Å². The maximum Gasteiger partial charge on any atom is 0.338 e. The highest BCUT2D eigenvalue weighted by Gasteiger charge is 2.12. The number of carbonyl (C=O) groups is 2. The Hall–Kier alpha value is -3.14. The smallest absolute Gasteiger partial charge is 0.338 e. The number of carbonyl (C=O) groups excluding carboxylic acids is 2. The fraction of sp³-hybridized carbons (Fsp3) is 0.0526. The van der Waals surface area contributed by atoms with Gasteiger partial charge in [-0.1, -0.05) is 42.5 Å². The Morgan fingerprint density at radius 3 is 2.22 bits per heavy atom. The molecule has 0 spiro atoms. The second kappa shape index (κ2) is 6.75. The predicted molar refractivity (Wildman–Crippen MR) is 85.2 cm³/mol. The van der Waals surface area contributed by atoms with Gasteiger partial charge >= 0.3 is 5.97 Å². The van der Waals surface area contributed by atoms with Crippen LogP contribution in [0.2, 0.25) is 0 Å². The molecule has 0 N–H and O–H groups in total. The normalized spacial score (nSPS) is 10.3. The Balaban J connectivity index is 1.61. The zero-order valence-electron chi connectivity index (χ0n) is 12.3. The largest absolute Gasteiger partial charge is 0.464 e. The third-order valence-corrected chi connectivity index (χ3v) is 3.36. The van der Waals surface area contributed by atoms with E-state index in [0.29, 0.717) is 11.1 Å². The second-order valence-corrected chi connectivity index (χ2v) is 4.92. The summed E-state index contributed by atoms with van der Waals surface area (Å²) in [4.78, 5) is 23.9. The second-order valence-electron chi connectivity index (χ2n) is 4.92. The highest BCUT2D eigenvalue weighted by Crippen LogP contribution is 2.20. The topological polar surface area (TPSA) is 56.5 Å². The van der Waals surface area contributed by atoms with E-state index in [0.717, 1.165) is 11.3 Å². The molecule has 0 radical (unpaired) electrons. The minimum atomic E-state index is -0.528. The van der Waals surface area contributed by atoms with Crippen molar-refractivity contribution in [2.45, 2.75) is 0 Å². The number of ketones is 1. The van der Waals surface area contributed by atoms with E-state index in [1.54, 1.807) is 60.9 Å². The van der Waals surface area contributed by atoms with Gasteiger partial charge < -0.3 is 9.15 Å². The molecular weight excluding hydrogens is 292 g/mol. The molecule has 1 heterocycles. The third-order valence-electron chi connectivity index (χ3n) is 3.36. The molecule has 0 atom stereocenters. The minimum absolute atomic E-state index is 0.230. The molecule has 0 aliphatic carbocycles. The number of hydrogen-bond donors (Lipinski definition) is 0. The van der Waals surface area contributed by atoms with Crippen molar-refractivity contribution < 1.29 is 18.7 Å². The summed E-state index contributed by atoms with van der Waals surface area (Å²) in [5.74, 6) is -0.0318. The van der Waals surface area contributed by atoms with Crippen molar-refractivity contribution >= 4 is 11.8 Å². The van der Waals surface area contributed by atoms with E-state index >= 15 is 0 Å². The number of ether oxygens (including phenoxy) is 1. The Kier molecular flexibility index (Phi) is 4.34. The molecule has 0 unspecified atom stereocenters. The first-order valence-corrected chi connectivity index (χ1v) is 7.13. The number of rotatable bonds is 5. The van der Waals surface area contributed by atoms with Crippen LogP contribution in [0.3, 0.4) is 0 Å². The Morgan fingerprint density at radius 1 is 0.826 bits per heavy atom. The summed E-state index contributed by atoms with van der Waals surface area (Å²) in [5, 5.41) is 0. The molecule has 3 rings (SSSR count). The zero-order valence-corrected chi connectivity index (χ0v) is 12.3. The van der Waals surface area contributed by atoms with Gasteiger partial charge in [-0.3, -0.25) is 4.79 Å². The van der Waals surface area contributed by atoms with E-state index in [1.165, 1.54) is 0 Å². The van der Waals surface area contributed by atoms with Crippen LogP contribution in [-0.4, -0.2) is 18.4 Å². The van der Waals surface area contributed by atoms with Gasteiger partial charge in [0.25, 0.3) is 0 Å². The van der Waals surface area contributed by atoms with Gasteiger partial charge in [0.1, 0.15) is 5.76 Å². The first kappa shape index (κ1) is 14.8. The number of benzene rings is 2. The molecule has 0 bridgehead atoms. The fourth-order valence-corrected chi connectivity index (χ4v) is 2.14. The van der Waals surface area contributed by atoms with Gasteiger partial charge in [-0.05, 0) is 24.3 Å². The van der Waals surface area contributed by atoms with Crippen LogP contribution >= 0.6 is 0 Å². The summed E-state index contributed by atoms with van der Waals surface area (Å²) in [6, 6.07) is 19.2. The van der Waals surface area contributed by atoms with Gasteiger partial charge in [0, 0.05) is 11.1 Å². The highest BCUT2D eigenvalue weighted by atomic mass is 16.5. The van der Waals surface area contributed by atoms with Gasteiger partial charge in [-0.15, -0.1) is 0 Å². The number of hydrogen-bond acceptors (Lipinski definition) is 4. The summed E-state index contributed by atoms with van der Waals surface area (Å²) in [6.45, 7) is -0.275. The van der Waals surface area contributed by atoms with Crippen LogP contribution in [0, 0.1) is 0 Å². The first-order chi connectivity index (χ1) is 11.2. The Labute approximate surface area is 133 Å². The fourth-order valence-electron chi connectivity index (χ4n) is 2.14. The standard InChI is InChI=1S/C19H14O4/c20-17(14-5-2-1-3-6-14)13-23-19(21)16-10-8-15(9-11-16)18-7-4-12-22-18/h1-12H,13H2. The lowest BCUT2D eigenvalue weighted by Crippen LogP contribution is -2.14. The van der Waals surface area contributed by atoms with Crippen LogP contribution in [-0.2, 0) is 4.74 Å². The summed E-state index contributed by atoms with van der Waals surface area (Å²) >= 11 is 0. The van der Waals surface area contributed by atoms with Crippen LogP contribution in [0.4, 0.5) is 0 Å². The van der Waals surface area contributed by atoms with Gasteiger partial charge in [-0.25, -0.2) is 4.79 Å². The van der Waals surface area contributed by atoms with Crippen LogP contribution in [0.15, 0.2) is 77.4 Å². The van der Waals surface area contributed by atoms with E-state index in [9.17, 15) is 9.59 Å². The summed E-state index contributed by atoms with van der Waals surface area (Å²) in [7, 11) is 0. The van der Waals surface area contributed by atoms with Crippen molar-refractivity contribution in [3.63, 3.8) is 0 Å². The molecule has 114 valence electrons. The summed E-state index contributed by atoms with van der Waals surface area (Å²) < 4.78 is 10.3. The van der Waals surface area contributed by atoms with Crippen LogP contribution < -0.4 is 0 Å². The lowest BCUT2D eigenvalue weighted by atomic mass is 10.1. The SMILES string of the molecule is O=C(COC(=O)c1ccc(-c2ccco2)cc1)c1ccccc1. The maximum atomic E-state index is 12.0. The highest BCUT2D eigenvalue weighted by molar-refractivity contribution is 5.99. The number of Topliss-reactive ketones (excluding diaryl/α,β-unsaturated/α-hetero) is 1. The van der Waals surface area contributed by atoms with Crippen molar-refractivity contribution in [3.05, 3.63) is 84.1 Å². The van der Waals surface area contributed by atoms with Gasteiger partial charge in [0.05, 0.1) is 11.8 Å². The molecule has 4 heteroatoms. The van der Waals surface area contributed by atoms with E-state index in [1.807, 2.05) is 12.1 Å². The van der Waals surface area contributed by atoms with Crippen molar-refractivity contribution in [1.29, 1.82) is 0 Å². The van der Waals surface area contributed by atoms with Gasteiger partial charge in [0.15, 0.2) is 12.4 Å². The third kappa shape index (κ3) is 3.55. The molecule has 0 saturated heterocycles. The van der Waals surface area contributed by atoms with Crippen LogP contribution in [0.25, 0.3) is 11.3 Å². The molecule has 23 heavy (non-hydrogen) atoms. The van der Waals surface area contributed by atoms with E-state index in [-0.39, 0.29) is 12.4 Å². The van der Waals surface area contributed by atoms with Crippen LogP contribution in [0.5, 0.6) is 0 Å². The van der Waals surface area contributed by atoms with Gasteiger partial charge in [0.2, 0.25) is 0 Å². The van der Waals surface area contributed by atoms with Crippen molar-refractivity contribution in [2.24, 2.45) is 0 Å². The lowest BCUT2D eigenvalue weighted by Gasteiger charge is -2.05. The molecule has 0 aliphatic heterocycles. The molecule has 2 aromatic carbocycles. The molecule has 0 aliphatic rings. The van der Waals surface area contributed by atoms with Gasteiger partial charge in [-0.2, -0.15) is 0 Å². The molecule has 0 saturated carbocycles. The number of furan rings is 1. The molecule has 0 amide bonds. The van der Waals surface area contributed by atoms with E-state index in [4.69, 9.17) is 9.15 Å². The molecule has 0 fully saturated rings. The predicted octanol–water partition coefficient (Wildman–Crippen LogP) is 3.99. The van der Waals surface area contributed by atoms with Crippen molar-refractivity contribution in [3.8, 4) is 11.3 Å². The van der Waals surface area contributed by atoms with E-state index in [2.05, 4.69) is 0 Å². The Morgan fingerprint density at radius 2 is 1.57 bits per heavy atom. The minimum Gasteiger partial charge on any atom is -0.464 e. The van der Waals surface area contributed by atoms with Crippen molar-refractivity contribution in [1.82, 2.24) is 0 Å². The average Bonchev–Trinajstić information content (AvgIpc) is 3.15. The maximum absolute atomic E-state index is 12.0. The van der Waals surface area contributed by atoms with E-state index < -0.39 is 5.97 Å². The zero-order chi connectivity index (χ0) is 16.1. The molecule has 3 aromatic rings. The molecular formula is C19H14O4. The average molecular weight is 306 g/mol. The Bertz CT molecular complexity index is 787. The molecule has 1 aromatic heterocycles. The summed E-state index contributed by atoms with van der Waals surface area (Å²) in [6.07, 6.45) is 1.59. The monoisotopic (exact) mass is 306 g/mol. The molecule has 4 nitrogen and oxygen atoms in total. The quantitative estimate of drug-likeness (QED) is 0.528. The van der Waals surface area contributed by atoms with Crippen molar-refractivity contribution in [2.75, 3.05) is 6.61 Å².